The molecule has 0 aliphatic heterocycles. The van der Waals surface area contributed by atoms with Gasteiger partial charge in [0, 0.05) is 22.5 Å². The summed E-state index contributed by atoms with van der Waals surface area (Å²) in [6, 6.07) is -0.554. The maximum Gasteiger partial charge on any atom is 0.329 e. The van der Waals surface area contributed by atoms with Crippen LogP contribution >= 0.6 is 0 Å². The number of Topliss-reactive ketones (excluding diaryl/α,β-unsaturated/α-hetero) is 2. The van der Waals surface area contributed by atoms with E-state index in [-0.39, 0.29) is 23.5 Å². The Kier molecular flexibility index (Phi) is 5.10. The van der Waals surface area contributed by atoms with Gasteiger partial charge in [0.1, 0.15) is 6.04 Å². The number of nitrogens with zero attached hydrogens (tertiary/aromatic N) is 1. The van der Waals surface area contributed by atoms with E-state index in [0.717, 1.165) is 0 Å². The Labute approximate surface area is 125 Å². The zero-order chi connectivity index (χ0) is 16.5. The van der Waals surface area contributed by atoms with Gasteiger partial charge in [-0.3, -0.25) is 9.59 Å². The van der Waals surface area contributed by atoms with Gasteiger partial charge in [0.2, 0.25) is 0 Å². The van der Waals surface area contributed by atoms with Crippen molar-refractivity contribution in [3.05, 3.63) is 22.5 Å². The summed E-state index contributed by atoms with van der Waals surface area (Å²) in [4.78, 5) is 35.9. The first kappa shape index (κ1) is 17.1. The van der Waals surface area contributed by atoms with Gasteiger partial charge in [-0.05, 0) is 33.6 Å². The van der Waals surface area contributed by atoms with Crippen LogP contribution in [-0.4, -0.2) is 29.2 Å². The van der Waals surface area contributed by atoms with Gasteiger partial charge in [-0.2, -0.15) is 0 Å². The highest BCUT2D eigenvalue weighted by Gasteiger charge is 2.32. The molecular formula is C16H23NO4. The van der Waals surface area contributed by atoms with Crippen LogP contribution in [0.2, 0.25) is 0 Å². The minimum absolute atomic E-state index is 0.0260. The summed E-state index contributed by atoms with van der Waals surface area (Å²) in [5.74, 6) is -0.753. The van der Waals surface area contributed by atoms with Crippen molar-refractivity contribution in [2.45, 2.75) is 47.6 Å². The number of carbonyl (C=O) groups excluding carboxylic acids is 3. The molecule has 0 spiro atoms. The molecule has 0 saturated heterocycles. The van der Waals surface area contributed by atoms with Crippen molar-refractivity contribution >= 4 is 17.5 Å². The minimum Gasteiger partial charge on any atom is -0.467 e. The molecule has 1 aromatic heterocycles. The van der Waals surface area contributed by atoms with Crippen molar-refractivity contribution in [2.24, 2.45) is 5.92 Å². The lowest BCUT2D eigenvalue weighted by Gasteiger charge is -2.23. The molecule has 116 valence electrons. The van der Waals surface area contributed by atoms with Crippen molar-refractivity contribution in [3.63, 3.8) is 0 Å². The largest absolute Gasteiger partial charge is 0.467 e. The third-order valence-electron chi connectivity index (χ3n) is 3.75. The second kappa shape index (κ2) is 6.24. The Hall–Kier alpha value is -1.91. The van der Waals surface area contributed by atoms with Crippen molar-refractivity contribution in [2.75, 3.05) is 7.11 Å². The minimum atomic E-state index is -0.554. The quantitative estimate of drug-likeness (QED) is 0.618. The molecular weight excluding hydrogens is 270 g/mol. The number of rotatable bonds is 5. The van der Waals surface area contributed by atoms with Gasteiger partial charge in [-0.25, -0.2) is 4.79 Å². The Morgan fingerprint density at radius 3 is 1.57 bits per heavy atom. The van der Waals surface area contributed by atoms with E-state index in [4.69, 9.17) is 4.74 Å². The molecule has 0 amide bonds. The predicted molar refractivity (Wildman–Crippen MR) is 79.8 cm³/mol. The number of carbonyl (C=O) groups is 3. The van der Waals surface area contributed by atoms with Gasteiger partial charge in [0.25, 0.3) is 0 Å². The van der Waals surface area contributed by atoms with E-state index in [1.165, 1.54) is 21.0 Å². The topological polar surface area (TPSA) is 65.4 Å². The van der Waals surface area contributed by atoms with Crippen LogP contribution in [-0.2, 0) is 9.53 Å². The number of ether oxygens (including phenoxy) is 1. The second-order valence-corrected chi connectivity index (χ2v) is 5.62. The highest BCUT2D eigenvalue weighted by molar-refractivity contribution is 6.09. The molecule has 1 aromatic rings. The smallest absolute Gasteiger partial charge is 0.329 e. The monoisotopic (exact) mass is 293 g/mol. The van der Waals surface area contributed by atoms with Crippen LogP contribution in [0.3, 0.4) is 0 Å². The lowest BCUT2D eigenvalue weighted by atomic mass is 10.0. The summed E-state index contributed by atoms with van der Waals surface area (Å²) in [6.07, 6.45) is 0. The number of hydrogen-bond donors (Lipinski definition) is 0. The van der Waals surface area contributed by atoms with Crippen LogP contribution in [0.5, 0.6) is 0 Å². The van der Waals surface area contributed by atoms with Gasteiger partial charge in [-0.1, -0.05) is 13.8 Å². The van der Waals surface area contributed by atoms with E-state index in [1.54, 1.807) is 18.4 Å². The third-order valence-corrected chi connectivity index (χ3v) is 3.75. The summed E-state index contributed by atoms with van der Waals surface area (Å²) in [6.45, 7) is 10.2. The van der Waals surface area contributed by atoms with Crippen molar-refractivity contribution in [1.29, 1.82) is 0 Å². The number of ketones is 2. The first-order valence-electron chi connectivity index (χ1n) is 6.96. The average molecular weight is 293 g/mol. The molecule has 21 heavy (non-hydrogen) atoms. The van der Waals surface area contributed by atoms with E-state index < -0.39 is 6.04 Å². The fraction of sp³-hybridized carbons (Fsp3) is 0.562. The highest BCUT2D eigenvalue weighted by atomic mass is 16.5. The van der Waals surface area contributed by atoms with Crippen LogP contribution < -0.4 is 0 Å². The summed E-state index contributed by atoms with van der Waals surface area (Å²) in [5, 5.41) is 0. The Bertz CT molecular complexity index is 558. The van der Waals surface area contributed by atoms with E-state index in [1.807, 2.05) is 13.8 Å². The summed E-state index contributed by atoms with van der Waals surface area (Å²) in [5.41, 5.74) is 2.06. The predicted octanol–water partition coefficient (Wildman–Crippen LogP) is 2.88. The molecule has 5 nitrogen and oxygen atoms in total. The van der Waals surface area contributed by atoms with E-state index in [9.17, 15) is 14.4 Å². The van der Waals surface area contributed by atoms with E-state index in [0.29, 0.717) is 22.5 Å². The van der Waals surface area contributed by atoms with Crippen molar-refractivity contribution in [3.8, 4) is 0 Å². The molecule has 0 aliphatic carbocycles. The van der Waals surface area contributed by atoms with Gasteiger partial charge in [-0.15, -0.1) is 0 Å². The number of methoxy groups -OCH3 is 1. The molecule has 0 aromatic carbocycles. The van der Waals surface area contributed by atoms with E-state index in [2.05, 4.69) is 0 Å². The second-order valence-electron chi connectivity index (χ2n) is 5.62. The number of esters is 1. The van der Waals surface area contributed by atoms with Crippen LogP contribution in [0.25, 0.3) is 0 Å². The lowest BCUT2D eigenvalue weighted by molar-refractivity contribution is -0.146. The lowest BCUT2D eigenvalue weighted by Crippen LogP contribution is -2.27. The molecule has 0 bridgehead atoms. The summed E-state index contributed by atoms with van der Waals surface area (Å²) < 4.78 is 6.63. The Balaban J connectivity index is 3.71. The zero-order valence-electron chi connectivity index (χ0n) is 13.7. The molecule has 0 saturated carbocycles. The first-order valence-corrected chi connectivity index (χ1v) is 6.96. The van der Waals surface area contributed by atoms with Gasteiger partial charge < -0.3 is 9.30 Å². The highest BCUT2D eigenvalue weighted by Crippen LogP contribution is 2.31. The fourth-order valence-electron chi connectivity index (χ4n) is 2.93. The van der Waals surface area contributed by atoms with Crippen LogP contribution in [0.15, 0.2) is 0 Å². The Morgan fingerprint density at radius 1 is 0.952 bits per heavy atom. The zero-order valence-corrected chi connectivity index (χ0v) is 13.7. The van der Waals surface area contributed by atoms with Gasteiger partial charge >= 0.3 is 5.97 Å². The normalized spacial score (nSPS) is 12.4. The molecule has 1 rings (SSSR count). The maximum absolute atomic E-state index is 12.1. The van der Waals surface area contributed by atoms with Crippen LogP contribution in [0.4, 0.5) is 0 Å². The van der Waals surface area contributed by atoms with Gasteiger partial charge in [0.15, 0.2) is 11.6 Å². The average Bonchev–Trinajstić information content (AvgIpc) is 2.62. The molecule has 5 heteroatoms. The fourth-order valence-corrected chi connectivity index (χ4v) is 2.93. The molecule has 1 atom stereocenters. The third kappa shape index (κ3) is 2.91. The molecule has 0 fully saturated rings. The number of hydrogen-bond acceptors (Lipinski definition) is 4. The van der Waals surface area contributed by atoms with Crippen LogP contribution in [0.1, 0.15) is 65.8 Å². The molecule has 0 unspecified atom stereocenters. The van der Waals surface area contributed by atoms with Crippen LogP contribution in [0, 0.1) is 19.8 Å². The van der Waals surface area contributed by atoms with Crippen molar-refractivity contribution < 1.29 is 19.1 Å². The SMILES string of the molecule is COC(=O)[C@H](C(C)C)n1c(C)c(C(C)=O)c(C(C)=O)c1C. The van der Waals surface area contributed by atoms with Gasteiger partial charge in [0.05, 0.1) is 7.11 Å². The Morgan fingerprint density at radius 2 is 1.33 bits per heavy atom. The molecule has 0 aliphatic rings. The molecule has 0 radical (unpaired) electrons. The summed E-state index contributed by atoms with van der Waals surface area (Å²) in [7, 11) is 1.34. The standard InChI is InChI=1S/C16H23NO4/c1-8(2)15(16(20)21-7)17-9(3)13(11(5)18)14(10(17)4)12(6)19/h8,15H,1-7H3/t15-/m0/s1. The molecule has 0 N–H and O–H groups in total. The van der Waals surface area contributed by atoms with Crippen molar-refractivity contribution in [1.82, 2.24) is 4.57 Å². The summed E-state index contributed by atoms with van der Waals surface area (Å²) >= 11 is 0. The van der Waals surface area contributed by atoms with E-state index >= 15 is 0 Å². The maximum atomic E-state index is 12.1. The number of aromatic nitrogens is 1. The first-order chi connectivity index (χ1) is 9.64. The molecule has 1 heterocycles.